The van der Waals surface area contributed by atoms with Gasteiger partial charge < -0.3 is 5.11 Å². The average molecular weight is 596 g/mol. The van der Waals surface area contributed by atoms with Crippen LogP contribution in [-0.4, -0.2) is 50.3 Å². The van der Waals surface area contributed by atoms with Gasteiger partial charge in [-0.3, -0.25) is 4.79 Å². The molecule has 41 heavy (non-hydrogen) atoms. The molecule has 0 fully saturated rings. The van der Waals surface area contributed by atoms with Gasteiger partial charge >= 0.3 is 5.97 Å². The van der Waals surface area contributed by atoms with E-state index >= 15 is 0 Å². The average Bonchev–Trinajstić information content (AvgIpc) is 3.49. The molecule has 0 saturated heterocycles. The molecular weight excluding hydrogens is 558 g/mol. The number of thiazole rings is 1. The third kappa shape index (κ3) is 5.08. The topological polar surface area (TPSA) is 118 Å². The Morgan fingerprint density at radius 1 is 1.17 bits per heavy atom. The normalized spacial score (nSPS) is 18.2. The van der Waals surface area contributed by atoms with Gasteiger partial charge in [0.1, 0.15) is 10.5 Å². The molecule has 3 heterocycles. The van der Waals surface area contributed by atoms with Gasteiger partial charge in [-0.15, -0.1) is 16.4 Å². The van der Waals surface area contributed by atoms with Crippen molar-refractivity contribution < 1.29 is 18.3 Å². The smallest absolute Gasteiger partial charge is 0.310 e. The molecule has 9 nitrogen and oxygen atoms in total. The monoisotopic (exact) mass is 595 g/mol. The van der Waals surface area contributed by atoms with Gasteiger partial charge in [-0.2, -0.15) is 4.31 Å². The van der Waals surface area contributed by atoms with Gasteiger partial charge in [0, 0.05) is 18.0 Å². The molecule has 2 atom stereocenters. The second-order valence-corrected chi connectivity index (χ2v) is 14.6. The fraction of sp³-hybridized carbons (Fsp3) is 0.467. The Labute approximate surface area is 245 Å². The summed E-state index contributed by atoms with van der Waals surface area (Å²) in [6.07, 6.45) is 1.57. The predicted molar refractivity (Wildman–Crippen MR) is 160 cm³/mol. The molecular formula is C30H37N5O4S2. The number of carbonyl (C=O) groups is 1. The number of rotatable bonds is 8. The number of carboxylic acid groups (broad SMARTS) is 1. The zero-order valence-corrected chi connectivity index (χ0v) is 26.0. The zero-order chi connectivity index (χ0) is 29.7. The van der Waals surface area contributed by atoms with Gasteiger partial charge in [0.2, 0.25) is 10.0 Å². The molecule has 0 unspecified atom stereocenters. The van der Waals surface area contributed by atoms with Crippen LogP contribution in [0.1, 0.15) is 72.3 Å². The molecule has 2 aromatic carbocycles. The second kappa shape index (κ2) is 10.9. The molecule has 1 N–H and O–H groups in total. The summed E-state index contributed by atoms with van der Waals surface area (Å²) in [7, 11) is -3.73. The summed E-state index contributed by atoms with van der Waals surface area (Å²) in [4.78, 5) is 18.8. The van der Waals surface area contributed by atoms with E-state index in [1.807, 2.05) is 49.7 Å². The van der Waals surface area contributed by atoms with Crippen LogP contribution in [0.4, 0.5) is 0 Å². The number of sulfonamides is 1. The van der Waals surface area contributed by atoms with E-state index in [-0.39, 0.29) is 12.5 Å². The second-order valence-electron chi connectivity index (χ2n) is 11.5. The number of aromatic nitrogens is 4. The van der Waals surface area contributed by atoms with Crippen molar-refractivity contribution in [2.45, 2.75) is 78.3 Å². The first kappa shape index (κ1) is 29.3. The van der Waals surface area contributed by atoms with E-state index in [0.29, 0.717) is 35.1 Å². The van der Waals surface area contributed by atoms with Crippen LogP contribution < -0.4 is 0 Å². The largest absolute Gasteiger partial charge is 0.481 e. The number of aryl methyl sites for hydroxylation is 3. The molecule has 4 aromatic rings. The maximum absolute atomic E-state index is 13.8. The lowest BCUT2D eigenvalue weighted by Crippen LogP contribution is -2.34. The third-order valence-corrected chi connectivity index (χ3v) is 11.5. The first-order chi connectivity index (χ1) is 19.4. The number of hydrogen-bond donors (Lipinski definition) is 1. The number of aliphatic carboxylic acids is 1. The lowest BCUT2D eigenvalue weighted by Gasteiger charge is -2.30. The summed E-state index contributed by atoms with van der Waals surface area (Å²) in [5.74, 6) is -1.32. The molecule has 218 valence electrons. The highest BCUT2D eigenvalue weighted by Gasteiger charge is 2.42. The summed E-state index contributed by atoms with van der Waals surface area (Å²) in [6.45, 7) is 12.6. The number of hydrogen-bond acceptors (Lipinski definition) is 7. The van der Waals surface area contributed by atoms with Gasteiger partial charge in [0.15, 0.2) is 0 Å². The first-order valence-corrected chi connectivity index (χ1v) is 16.3. The van der Waals surface area contributed by atoms with Gasteiger partial charge in [0.05, 0.1) is 34.0 Å². The minimum atomic E-state index is -3.73. The number of fused-ring (bicyclic) bond motifs is 2. The van der Waals surface area contributed by atoms with Crippen molar-refractivity contribution in [2.75, 3.05) is 6.54 Å². The highest BCUT2D eigenvalue weighted by molar-refractivity contribution is 7.89. The number of carboxylic acids is 1. The summed E-state index contributed by atoms with van der Waals surface area (Å²) < 4.78 is 31.0. The molecule has 0 radical (unpaired) electrons. The molecule has 11 heteroatoms. The molecule has 1 aliphatic heterocycles. The summed E-state index contributed by atoms with van der Waals surface area (Å²) >= 11 is 1.43. The molecule has 5 rings (SSSR count). The van der Waals surface area contributed by atoms with Crippen LogP contribution in [0.5, 0.6) is 0 Å². The minimum Gasteiger partial charge on any atom is -0.481 e. The number of benzene rings is 2. The lowest BCUT2D eigenvalue weighted by molar-refractivity contribution is -0.147. The molecule has 0 bridgehead atoms. The molecule has 0 aliphatic carbocycles. The van der Waals surface area contributed by atoms with Crippen LogP contribution in [-0.2, 0) is 34.3 Å². The fourth-order valence-electron chi connectivity index (χ4n) is 5.82. The van der Waals surface area contributed by atoms with Crippen LogP contribution in [0, 0.1) is 25.2 Å². The lowest BCUT2D eigenvalue weighted by atomic mass is 9.74. The maximum Gasteiger partial charge on any atom is 0.310 e. The molecule has 0 saturated carbocycles. The predicted octanol–water partition coefficient (Wildman–Crippen LogP) is 5.54. The highest BCUT2D eigenvalue weighted by atomic mass is 32.2. The van der Waals surface area contributed by atoms with E-state index < -0.39 is 27.3 Å². The van der Waals surface area contributed by atoms with Gasteiger partial charge in [-0.1, -0.05) is 42.8 Å². The van der Waals surface area contributed by atoms with E-state index in [1.54, 1.807) is 30.3 Å². The molecule has 1 aliphatic rings. The Bertz CT molecular complexity index is 1720. The van der Waals surface area contributed by atoms with Gasteiger partial charge in [0.25, 0.3) is 0 Å². The van der Waals surface area contributed by atoms with Crippen LogP contribution in [0.25, 0.3) is 11.0 Å². The van der Waals surface area contributed by atoms with Crippen molar-refractivity contribution in [2.24, 2.45) is 11.3 Å². The van der Waals surface area contributed by atoms with Crippen LogP contribution >= 0.6 is 11.3 Å². The quantitative estimate of drug-likeness (QED) is 0.284. The molecule has 0 spiro atoms. The van der Waals surface area contributed by atoms with E-state index in [1.165, 1.54) is 11.3 Å². The van der Waals surface area contributed by atoms with E-state index in [4.69, 9.17) is 4.98 Å². The fourth-order valence-corrected chi connectivity index (χ4v) is 8.77. The van der Waals surface area contributed by atoms with Crippen molar-refractivity contribution in [1.82, 2.24) is 24.3 Å². The van der Waals surface area contributed by atoms with Crippen molar-refractivity contribution in [3.63, 3.8) is 0 Å². The Hall–Kier alpha value is -3.15. The SMILES string of the molecule is CC[C@H]1Cc2ccccc2S(=O)(=O)N(Cc2nc([C@@H](c3ccc4c(nnn4CC)c3C)C(C)(C)C(=O)O)sc2C)C1. The van der Waals surface area contributed by atoms with Crippen molar-refractivity contribution in [3.05, 3.63) is 68.7 Å². The summed E-state index contributed by atoms with van der Waals surface area (Å²) in [5.41, 5.74) is 3.65. The summed E-state index contributed by atoms with van der Waals surface area (Å²) in [6, 6.07) is 11.2. The third-order valence-electron chi connectivity index (χ3n) is 8.49. The summed E-state index contributed by atoms with van der Waals surface area (Å²) in [5, 5.41) is 19.6. The Morgan fingerprint density at radius 3 is 2.59 bits per heavy atom. The van der Waals surface area contributed by atoms with Crippen LogP contribution in [0.2, 0.25) is 0 Å². The van der Waals surface area contributed by atoms with Crippen LogP contribution in [0.15, 0.2) is 41.3 Å². The standard InChI is InChI=1S/C30H37N5O4S2/c1-7-20-15-21-11-9-10-12-25(21)41(38,39)34(16-20)17-23-19(4)40-28(31-23)26(30(5,6)29(36)37)22-13-14-24-27(18(22)3)32-33-35(24)8-2/h9-14,20,26H,7-8,15-17H2,1-6H3,(H,36,37)/t20-,26+/m0/s1. The Balaban J connectivity index is 1.59. The minimum absolute atomic E-state index is 0.137. The maximum atomic E-state index is 13.8. The highest BCUT2D eigenvalue weighted by Crippen LogP contribution is 2.45. The zero-order valence-electron chi connectivity index (χ0n) is 24.4. The van der Waals surface area contributed by atoms with Crippen LogP contribution in [0.3, 0.4) is 0 Å². The van der Waals surface area contributed by atoms with E-state index in [9.17, 15) is 18.3 Å². The van der Waals surface area contributed by atoms with E-state index in [0.717, 1.165) is 39.0 Å². The Kier molecular flexibility index (Phi) is 7.82. The van der Waals surface area contributed by atoms with Gasteiger partial charge in [-0.05, 0) is 75.8 Å². The molecule has 0 amide bonds. The van der Waals surface area contributed by atoms with Crippen molar-refractivity contribution >= 4 is 38.4 Å². The van der Waals surface area contributed by atoms with E-state index in [2.05, 4.69) is 17.2 Å². The first-order valence-electron chi connectivity index (χ1n) is 14.0. The molecule has 2 aromatic heterocycles. The Morgan fingerprint density at radius 2 is 1.90 bits per heavy atom. The van der Waals surface area contributed by atoms with Crippen molar-refractivity contribution in [3.8, 4) is 0 Å². The van der Waals surface area contributed by atoms with Gasteiger partial charge in [-0.25, -0.2) is 18.1 Å². The van der Waals surface area contributed by atoms with Crippen molar-refractivity contribution in [1.29, 1.82) is 0 Å². The number of nitrogens with zero attached hydrogens (tertiary/aromatic N) is 5.